The molecular formula is C12H16F2N2. The number of anilines is 1. The second-order valence-electron chi connectivity index (χ2n) is 4.33. The summed E-state index contributed by atoms with van der Waals surface area (Å²) in [5.74, 6) is -0.302. The Morgan fingerprint density at radius 2 is 2.12 bits per heavy atom. The SMILES string of the molecule is NCC1(F)CCCN(c2ccccc2F)C1. The minimum Gasteiger partial charge on any atom is -0.366 e. The van der Waals surface area contributed by atoms with Crippen molar-refractivity contribution in [3.8, 4) is 0 Å². The summed E-state index contributed by atoms with van der Waals surface area (Å²) in [7, 11) is 0. The van der Waals surface area contributed by atoms with Crippen LogP contribution in [0.1, 0.15) is 12.8 Å². The lowest BCUT2D eigenvalue weighted by Gasteiger charge is -2.38. The van der Waals surface area contributed by atoms with Gasteiger partial charge in [-0.25, -0.2) is 8.78 Å². The topological polar surface area (TPSA) is 29.3 Å². The lowest BCUT2D eigenvalue weighted by molar-refractivity contribution is 0.146. The Balaban J connectivity index is 2.19. The van der Waals surface area contributed by atoms with E-state index in [1.807, 2.05) is 0 Å². The molecule has 1 aliphatic heterocycles. The molecule has 0 radical (unpaired) electrons. The number of piperidine rings is 1. The smallest absolute Gasteiger partial charge is 0.146 e. The van der Waals surface area contributed by atoms with Crippen molar-refractivity contribution in [2.75, 3.05) is 24.5 Å². The van der Waals surface area contributed by atoms with E-state index in [9.17, 15) is 8.78 Å². The van der Waals surface area contributed by atoms with Gasteiger partial charge in [-0.05, 0) is 25.0 Å². The van der Waals surface area contributed by atoms with Crippen molar-refractivity contribution in [1.82, 2.24) is 0 Å². The van der Waals surface area contributed by atoms with Crippen LogP contribution in [0.4, 0.5) is 14.5 Å². The Morgan fingerprint density at radius 3 is 2.81 bits per heavy atom. The zero-order valence-corrected chi connectivity index (χ0v) is 9.13. The number of hydrogen-bond acceptors (Lipinski definition) is 2. The van der Waals surface area contributed by atoms with Crippen molar-refractivity contribution >= 4 is 5.69 Å². The van der Waals surface area contributed by atoms with Gasteiger partial charge in [-0.2, -0.15) is 0 Å². The molecule has 0 bridgehead atoms. The number of rotatable bonds is 2. The van der Waals surface area contributed by atoms with Crippen molar-refractivity contribution in [1.29, 1.82) is 0 Å². The van der Waals surface area contributed by atoms with Crippen molar-refractivity contribution < 1.29 is 8.78 Å². The van der Waals surface area contributed by atoms with E-state index in [-0.39, 0.29) is 18.9 Å². The lowest BCUT2D eigenvalue weighted by atomic mass is 9.94. The number of benzene rings is 1. The summed E-state index contributed by atoms with van der Waals surface area (Å²) < 4.78 is 27.6. The highest BCUT2D eigenvalue weighted by Crippen LogP contribution is 2.29. The number of nitrogens with zero attached hydrogens (tertiary/aromatic N) is 1. The Hall–Kier alpha value is -1.16. The van der Waals surface area contributed by atoms with Crippen molar-refractivity contribution in [3.05, 3.63) is 30.1 Å². The zero-order valence-electron chi connectivity index (χ0n) is 9.13. The van der Waals surface area contributed by atoms with Crippen LogP contribution in [0.25, 0.3) is 0 Å². The minimum atomic E-state index is -1.37. The van der Waals surface area contributed by atoms with Gasteiger partial charge in [0.1, 0.15) is 11.5 Å². The predicted molar refractivity (Wildman–Crippen MR) is 60.7 cm³/mol. The van der Waals surface area contributed by atoms with Gasteiger partial charge in [0.25, 0.3) is 0 Å². The van der Waals surface area contributed by atoms with Gasteiger partial charge in [-0.3, -0.25) is 0 Å². The van der Waals surface area contributed by atoms with Crippen LogP contribution in [0, 0.1) is 5.82 Å². The highest BCUT2D eigenvalue weighted by atomic mass is 19.1. The molecule has 1 aromatic carbocycles. The highest BCUT2D eigenvalue weighted by molar-refractivity contribution is 5.48. The summed E-state index contributed by atoms with van der Waals surface area (Å²) >= 11 is 0. The summed E-state index contributed by atoms with van der Waals surface area (Å²) in [6.45, 7) is 0.870. The molecular weight excluding hydrogens is 210 g/mol. The maximum Gasteiger partial charge on any atom is 0.146 e. The number of halogens is 2. The van der Waals surface area contributed by atoms with E-state index in [2.05, 4.69) is 0 Å². The number of para-hydroxylation sites is 1. The third kappa shape index (κ3) is 2.16. The van der Waals surface area contributed by atoms with Crippen LogP contribution >= 0.6 is 0 Å². The maximum atomic E-state index is 14.1. The van der Waals surface area contributed by atoms with E-state index >= 15 is 0 Å². The largest absolute Gasteiger partial charge is 0.366 e. The van der Waals surface area contributed by atoms with E-state index in [0.717, 1.165) is 0 Å². The van der Waals surface area contributed by atoms with Crippen molar-refractivity contribution in [2.45, 2.75) is 18.5 Å². The van der Waals surface area contributed by atoms with Gasteiger partial charge in [0, 0.05) is 13.1 Å². The quantitative estimate of drug-likeness (QED) is 0.836. The molecule has 1 atom stereocenters. The van der Waals surface area contributed by atoms with Gasteiger partial charge < -0.3 is 10.6 Å². The number of nitrogens with two attached hydrogens (primary N) is 1. The van der Waals surface area contributed by atoms with E-state index < -0.39 is 5.67 Å². The predicted octanol–water partition coefficient (Wildman–Crippen LogP) is 2.09. The Labute approximate surface area is 94.0 Å². The molecule has 1 saturated heterocycles. The average Bonchev–Trinajstić information content (AvgIpc) is 2.30. The van der Waals surface area contributed by atoms with Gasteiger partial charge in [0.15, 0.2) is 0 Å². The van der Waals surface area contributed by atoms with E-state index in [1.165, 1.54) is 6.07 Å². The molecule has 0 amide bonds. The van der Waals surface area contributed by atoms with Gasteiger partial charge in [0.05, 0.1) is 12.2 Å². The number of alkyl halides is 1. The van der Waals surface area contributed by atoms with E-state index in [1.54, 1.807) is 23.1 Å². The Morgan fingerprint density at radius 1 is 1.38 bits per heavy atom. The molecule has 1 aliphatic rings. The fourth-order valence-electron chi connectivity index (χ4n) is 2.17. The standard InChI is InChI=1S/C12H16F2N2/c13-10-4-1-2-5-11(10)16-7-3-6-12(14,8-15)9-16/h1-2,4-5H,3,6-9,15H2. The Kier molecular flexibility index (Phi) is 3.10. The molecule has 1 aromatic rings. The summed E-state index contributed by atoms with van der Waals surface area (Å²) in [5, 5.41) is 0. The normalized spacial score (nSPS) is 25.8. The van der Waals surface area contributed by atoms with Gasteiger partial charge in [-0.15, -0.1) is 0 Å². The molecule has 0 aliphatic carbocycles. The summed E-state index contributed by atoms with van der Waals surface area (Å²) in [6, 6.07) is 6.47. The minimum absolute atomic E-state index is 0.00203. The van der Waals surface area contributed by atoms with Crippen LogP contribution in [0.5, 0.6) is 0 Å². The molecule has 0 spiro atoms. The van der Waals surface area contributed by atoms with Crippen LogP contribution in [-0.4, -0.2) is 25.3 Å². The highest BCUT2D eigenvalue weighted by Gasteiger charge is 2.34. The molecule has 1 unspecified atom stereocenters. The zero-order chi connectivity index (χ0) is 11.6. The first-order chi connectivity index (χ1) is 7.64. The van der Waals surface area contributed by atoms with Crippen molar-refractivity contribution in [2.24, 2.45) is 5.73 Å². The lowest BCUT2D eigenvalue weighted by Crippen LogP contribution is -2.49. The van der Waals surface area contributed by atoms with Gasteiger partial charge >= 0.3 is 0 Å². The molecule has 1 fully saturated rings. The summed E-state index contributed by atoms with van der Waals surface area (Å²) in [5.41, 5.74) is 4.52. The first-order valence-electron chi connectivity index (χ1n) is 5.53. The molecule has 0 aromatic heterocycles. The fraction of sp³-hybridized carbons (Fsp3) is 0.500. The molecule has 16 heavy (non-hydrogen) atoms. The van der Waals surface area contributed by atoms with E-state index in [0.29, 0.717) is 25.1 Å². The second kappa shape index (κ2) is 4.37. The maximum absolute atomic E-state index is 14.1. The first-order valence-corrected chi connectivity index (χ1v) is 5.53. The monoisotopic (exact) mass is 226 g/mol. The fourth-order valence-corrected chi connectivity index (χ4v) is 2.17. The third-order valence-corrected chi connectivity index (χ3v) is 3.09. The van der Waals surface area contributed by atoms with Crippen LogP contribution < -0.4 is 10.6 Å². The van der Waals surface area contributed by atoms with Crippen molar-refractivity contribution in [3.63, 3.8) is 0 Å². The second-order valence-corrected chi connectivity index (χ2v) is 4.33. The molecule has 2 rings (SSSR count). The van der Waals surface area contributed by atoms with E-state index in [4.69, 9.17) is 5.73 Å². The molecule has 4 heteroatoms. The van der Waals surface area contributed by atoms with Gasteiger partial charge in [0.2, 0.25) is 0 Å². The molecule has 0 saturated carbocycles. The average molecular weight is 226 g/mol. The number of hydrogen-bond donors (Lipinski definition) is 1. The van der Waals surface area contributed by atoms with Crippen LogP contribution in [0.15, 0.2) is 24.3 Å². The van der Waals surface area contributed by atoms with Crippen LogP contribution in [0.2, 0.25) is 0 Å². The molecule has 2 N–H and O–H groups in total. The first kappa shape index (κ1) is 11.3. The third-order valence-electron chi connectivity index (χ3n) is 3.09. The summed E-state index contributed by atoms with van der Waals surface area (Å²) in [4.78, 5) is 1.74. The summed E-state index contributed by atoms with van der Waals surface area (Å²) in [6.07, 6.45) is 1.18. The van der Waals surface area contributed by atoms with Crippen LogP contribution in [0.3, 0.4) is 0 Å². The Bertz CT molecular complexity index is 370. The van der Waals surface area contributed by atoms with Gasteiger partial charge in [-0.1, -0.05) is 12.1 Å². The molecule has 1 heterocycles. The molecule has 2 nitrogen and oxygen atoms in total. The van der Waals surface area contributed by atoms with Crippen LogP contribution in [-0.2, 0) is 0 Å². The molecule has 88 valence electrons.